The Bertz CT molecular complexity index is 362. The normalized spacial score (nSPS) is 24.1. The van der Waals surface area contributed by atoms with E-state index in [2.05, 4.69) is 5.32 Å². The lowest BCUT2D eigenvalue weighted by Gasteiger charge is -2.34. The van der Waals surface area contributed by atoms with Gasteiger partial charge in [0, 0.05) is 26.2 Å². The average molecular weight is 326 g/mol. The second-order valence-electron chi connectivity index (χ2n) is 5.72. The first-order chi connectivity index (χ1) is 9.14. The summed E-state index contributed by atoms with van der Waals surface area (Å²) in [5.74, 6) is 0.626. The van der Waals surface area contributed by atoms with Crippen LogP contribution >= 0.6 is 12.4 Å². The van der Waals surface area contributed by atoms with Crippen LogP contribution in [0.2, 0.25) is 0 Å². The van der Waals surface area contributed by atoms with Crippen molar-refractivity contribution < 1.29 is 8.42 Å². The summed E-state index contributed by atoms with van der Waals surface area (Å²) in [6.45, 7) is 3.78. The van der Waals surface area contributed by atoms with E-state index < -0.39 is 10.2 Å². The molecule has 0 aliphatic carbocycles. The molecule has 1 N–H and O–H groups in total. The number of halogens is 1. The summed E-state index contributed by atoms with van der Waals surface area (Å²) in [4.78, 5) is 0. The van der Waals surface area contributed by atoms with E-state index in [1.807, 2.05) is 7.05 Å². The van der Waals surface area contributed by atoms with Crippen molar-refractivity contribution >= 4 is 22.6 Å². The van der Waals surface area contributed by atoms with E-state index in [9.17, 15) is 8.42 Å². The highest BCUT2D eigenvalue weighted by molar-refractivity contribution is 7.86. The first kappa shape index (κ1) is 18.2. The van der Waals surface area contributed by atoms with E-state index in [-0.39, 0.29) is 12.4 Å². The summed E-state index contributed by atoms with van der Waals surface area (Å²) in [7, 11) is -1.24. The number of hydrogen-bond acceptors (Lipinski definition) is 3. The van der Waals surface area contributed by atoms with Crippen LogP contribution in [0.1, 0.15) is 38.5 Å². The molecule has 2 fully saturated rings. The van der Waals surface area contributed by atoms with E-state index in [4.69, 9.17) is 0 Å². The minimum absolute atomic E-state index is 0. The molecule has 0 spiro atoms. The zero-order valence-corrected chi connectivity index (χ0v) is 14.0. The van der Waals surface area contributed by atoms with Gasteiger partial charge in [-0.3, -0.25) is 0 Å². The van der Waals surface area contributed by atoms with Crippen LogP contribution in [0.15, 0.2) is 0 Å². The molecule has 20 heavy (non-hydrogen) atoms. The molecule has 7 heteroatoms. The number of nitrogens with one attached hydrogen (secondary N) is 1. The van der Waals surface area contributed by atoms with Gasteiger partial charge >= 0.3 is 0 Å². The Morgan fingerprint density at radius 1 is 0.950 bits per heavy atom. The van der Waals surface area contributed by atoms with Crippen LogP contribution in [-0.4, -0.2) is 56.8 Å². The van der Waals surface area contributed by atoms with Crippen molar-refractivity contribution in [1.82, 2.24) is 13.9 Å². The van der Waals surface area contributed by atoms with E-state index >= 15 is 0 Å². The monoisotopic (exact) mass is 325 g/mol. The maximum atomic E-state index is 12.6. The van der Waals surface area contributed by atoms with Gasteiger partial charge in [-0.15, -0.1) is 12.4 Å². The third-order valence-electron chi connectivity index (χ3n) is 4.28. The standard InChI is InChI=1S/C13H27N3O2S.ClH/c1-14-12-13-6-10-16(11-7-13)19(17,18)15-8-4-2-3-5-9-15;/h13-14H,2-12H2,1H3;1H. The maximum absolute atomic E-state index is 12.6. The third kappa shape index (κ3) is 4.56. The Labute approximate surface area is 129 Å². The van der Waals surface area contributed by atoms with E-state index in [0.29, 0.717) is 32.1 Å². The van der Waals surface area contributed by atoms with Crippen LogP contribution in [0, 0.1) is 5.92 Å². The minimum Gasteiger partial charge on any atom is -0.319 e. The summed E-state index contributed by atoms with van der Waals surface area (Å²) >= 11 is 0. The van der Waals surface area contributed by atoms with Crippen molar-refractivity contribution in [2.75, 3.05) is 39.8 Å². The molecule has 5 nitrogen and oxygen atoms in total. The molecule has 0 radical (unpaired) electrons. The number of hydrogen-bond donors (Lipinski definition) is 1. The van der Waals surface area contributed by atoms with Gasteiger partial charge in [0.25, 0.3) is 10.2 Å². The summed E-state index contributed by atoms with van der Waals surface area (Å²) in [6.07, 6.45) is 6.30. The number of rotatable bonds is 4. The lowest BCUT2D eigenvalue weighted by Crippen LogP contribution is -2.48. The van der Waals surface area contributed by atoms with Gasteiger partial charge in [-0.05, 0) is 45.2 Å². The van der Waals surface area contributed by atoms with Crippen LogP contribution in [-0.2, 0) is 10.2 Å². The summed E-state index contributed by atoms with van der Waals surface area (Å²) in [6, 6.07) is 0. The van der Waals surface area contributed by atoms with Crippen LogP contribution in [0.4, 0.5) is 0 Å². The van der Waals surface area contributed by atoms with Gasteiger partial charge in [-0.25, -0.2) is 0 Å². The fraction of sp³-hybridized carbons (Fsp3) is 1.00. The topological polar surface area (TPSA) is 52.7 Å². The van der Waals surface area contributed by atoms with E-state index in [1.54, 1.807) is 8.61 Å². The van der Waals surface area contributed by atoms with Crippen LogP contribution < -0.4 is 5.32 Å². The fourth-order valence-electron chi connectivity index (χ4n) is 3.07. The molecule has 0 aromatic rings. The second kappa shape index (κ2) is 8.54. The SMILES string of the molecule is CNCC1CCN(S(=O)(=O)N2CCCCCC2)CC1.Cl. The largest absolute Gasteiger partial charge is 0.319 e. The molecule has 2 aliphatic heterocycles. The van der Waals surface area contributed by atoms with Crippen LogP contribution in [0.25, 0.3) is 0 Å². The van der Waals surface area contributed by atoms with Gasteiger partial charge in [0.2, 0.25) is 0 Å². The first-order valence-electron chi connectivity index (χ1n) is 7.54. The molecule has 0 amide bonds. The minimum atomic E-state index is -3.20. The van der Waals surface area contributed by atoms with Crippen molar-refractivity contribution in [3.8, 4) is 0 Å². The van der Waals surface area contributed by atoms with E-state index in [1.165, 1.54) is 0 Å². The van der Waals surface area contributed by atoms with Crippen LogP contribution in [0.3, 0.4) is 0 Å². The molecule has 2 aliphatic rings. The molecule has 0 bridgehead atoms. The first-order valence-corrected chi connectivity index (χ1v) is 8.94. The number of piperidine rings is 1. The predicted molar refractivity (Wildman–Crippen MR) is 84.4 cm³/mol. The summed E-state index contributed by atoms with van der Waals surface area (Å²) in [5, 5.41) is 3.18. The van der Waals surface area contributed by atoms with Crippen molar-refractivity contribution in [3.05, 3.63) is 0 Å². The zero-order chi connectivity index (χ0) is 13.7. The summed E-state index contributed by atoms with van der Waals surface area (Å²) < 4.78 is 28.6. The molecule has 0 aromatic heterocycles. The Hall–Kier alpha value is 0.120. The van der Waals surface area contributed by atoms with Gasteiger partial charge in [-0.2, -0.15) is 17.0 Å². The molecule has 2 heterocycles. The highest BCUT2D eigenvalue weighted by Crippen LogP contribution is 2.22. The van der Waals surface area contributed by atoms with Crippen molar-refractivity contribution in [2.45, 2.75) is 38.5 Å². The average Bonchev–Trinajstić information content (AvgIpc) is 2.69. The maximum Gasteiger partial charge on any atom is 0.281 e. The fourth-order valence-corrected chi connectivity index (χ4v) is 4.79. The highest BCUT2D eigenvalue weighted by Gasteiger charge is 2.32. The Kier molecular flexibility index (Phi) is 7.75. The highest BCUT2D eigenvalue weighted by atomic mass is 35.5. The van der Waals surface area contributed by atoms with Gasteiger partial charge in [0.1, 0.15) is 0 Å². The van der Waals surface area contributed by atoms with Gasteiger partial charge < -0.3 is 5.32 Å². The smallest absolute Gasteiger partial charge is 0.281 e. The molecular formula is C13H28ClN3O2S. The van der Waals surface area contributed by atoms with Gasteiger partial charge in [0.15, 0.2) is 0 Å². The number of nitrogens with zero attached hydrogens (tertiary/aromatic N) is 2. The second-order valence-corrected chi connectivity index (χ2v) is 7.65. The van der Waals surface area contributed by atoms with Gasteiger partial charge in [-0.1, -0.05) is 12.8 Å². The Morgan fingerprint density at radius 2 is 1.45 bits per heavy atom. The van der Waals surface area contributed by atoms with Crippen LogP contribution in [0.5, 0.6) is 0 Å². The molecule has 0 saturated carbocycles. The Balaban J connectivity index is 0.00000200. The third-order valence-corrected chi connectivity index (χ3v) is 6.32. The molecular weight excluding hydrogens is 298 g/mol. The molecule has 2 rings (SSSR count). The summed E-state index contributed by atoms with van der Waals surface area (Å²) in [5.41, 5.74) is 0. The Morgan fingerprint density at radius 3 is 1.95 bits per heavy atom. The molecule has 0 aromatic carbocycles. The molecule has 0 atom stereocenters. The molecule has 2 saturated heterocycles. The van der Waals surface area contributed by atoms with Crippen molar-refractivity contribution in [2.24, 2.45) is 5.92 Å². The van der Waals surface area contributed by atoms with Crippen molar-refractivity contribution in [1.29, 1.82) is 0 Å². The van der Waals surface area contributed by atoms with E-state index in [0.717, 1.165) is 45.1 Å². The zero-order valence-electron chi connectivity index (χ0n) is 12.4. The molecule has 120 valence electrons. The molecule has 0 unspecified atom stereocenters. The lowest BCUT2D eigenvalue weighted by atomic mass is 9.98. The quantitative estimate of drug-likeness (QED) is 0.851. The predicted octanol–water partition coefficient (Wildman–Crippen LogP) is 1.46. The lowest BCUT2D eigenvalue weighted by molar-refractivity contribution is 0.252. The van der Waals surface area contributed by atoms with Crippen molar-refractivity contribution in [3.63, 3.8) is 0 Å². The van der Waals surface area contributed by atoms with Gasteiger partial charge in [0.05, 0.1) is 0 Å².